The van der Waals surface area contributed by atoms with Crippen molar-refractivity contribution in [2.24, 2.45) is 10.7 Å². The molecule has 2 aromatic rings. The molecule has 1 saturated heterocycles. The molecule has 0 spiro atoms. The van der Waals surface area contributed by atoms with Crippen molar-refractivity contribution in [1.29, 1.82) is 0 Å². The molecule has 1 aromatic carbocycles. The number of nitrogens with zero attached hydrogens (tertiary/aromatic N) is 3. The Balaban J connectivity index is 1.37. The van der Waals surface area contributed by atoms with Crippen LogP contribution in [0.5, 0.6) is 0 Å². The smallest absolute Gasteiger partial charge is 0.234 e. The van der Waals surface area contributed by atoms with Gasteiger partial charge in [-0.2, -0.15) is 0 Å². The zero-order valence-corrected chi connectivity index (χ0v) is 18.6. The Morgan fingerprint density at radius 2 is 2.21 bits per heavy atom. The molecule has 3 heterocycles. The van der Waals surface area contributed by atoms with Crippen molar-refractivity contribution in [1.82, 2.24) is 14.9 Å². The topological polar surface area (TPSA) is 167 Å². The van der Waals surface area contributed by atoms with Gasteiger partial charge in [-0.1, -0.05) is 36.4 Å². The number of allylic oxidation sites excluding steroid dienone is 1. The second-order valence-electron chi connectivity index (χ2n) is 9.04. The minimum atomic E-state index is -1.67. The van der Waals surface area contributed by atoms with E-state index >= 15 is 0 Å². The highest BCUT2D eigenvalue weighted by molar-refractivity contribution is 5.81. The van der Waals surface area contributed by atoms with Crippen molar-refractivity contribution in [2.45, 2.75) is 55.5 Å². The number of aromatic nitrogens is 2. The number of carbonyl (C=O) groups is 1. The summed E-state index contributed by atoms with van der Waals surface area (Å²) in [5.74, 6) is 0.0316. The van der Waals surface area contributed by atoms with Crippen LogP contribution in [0.15, 0.2) is 41.7 Å². The molecular weight excluding hydrogens is 440 g/mol. The zero-order valence-electron chi connectivity index (χ0n) is 18.6. The van der Waals surface area contributed by atoms with Crippen LogP contribution in [-0.4, -0.2) is 67.6 Å². The molecule has 2 aliphatic heterocycles. The van der Waals surface area contributed by atoms with Gasteiger partial charge in [-0.15, -0.1) is 0 Å². The maximum Gasteiger partial charge on any atom is 0.234 e. The van der Waals surface area contributed by atoms with Crippen LogP contribution in [0.2, 0.25) is 0 Å². The van der Waals surface area contributed by atoms with E-state index in [1.807, 2.05) is 30.3 Å². The molecule has 0 bridgehead atoms. The predicted molar refractivity (Wildman–Crippen MR) is 124 cm³/mol. The number of nitrogens with one attached hydrogen (secondary N) is 2. The average Bonchev–Trinajstić information content (AvgIpc) is 3.49. The number of imidazole rings is 1. The number of ether oxygens (including phenoxy) is 1. The number of anilines is 1. The summed E-state index contributed by atoms with van der Waals surface area (Å²) in [7, 11) is 0. The molecule has 180 valence electrons. The highest BCUT2D eigenvalue weighted by Crippen LogP contribution is 2.41. The molecule has 1 amide bonds. The summed E-state index contributed by atoms with van der Waals surface area (Å²) in [6, 6.07) is 7.35. The Kier molecular flexibility index (Phi) is 5.74. The second-order valence-corrected chi connectivity index (χ2v) is 9.04. The highest BCUT2D eigenvalue weighted by Gasteiger charge is 2.53. The van der Waals surface area contributed by atoms with Crippen molar-refractivity contribution in [3.8, 4) is 0 Å². The number of aliphatic hydroxyl groups excluding tert-OH is 2. The fourth-order valence-corrected chi connectivity index (χ4v) is 4.90. The summed E-state index contributed by atoms with van der Waals surface area (Å²) < 4.78 is 7.26. The third kappa shape index (κ3) is 3.71. The van der Waals surface area contributed by atoms with E-state index in [2.05, 4.69) is 26.7 Å². The molecule has 7 atom stereocenters. The summed E-state index contributed by atoms with van der Waals surface area (Å²) in [5, 5.41) is 36.9. The Bertz CT molecular complexity index is 1140. The van der Waals surface area contributed by atoms with E-state index in [4.69, 9.17) is 10.5 Å². The van der Waals surface area contributed by atoms with Gasteiger partial charge < -0.3 is 31.1 Å². The van der Waals surface area contributed by atoms with Gasteiger partial charge in [-0.05, 0) is 24.5 Å². The molecular formula is C23H28N6O5. The molecule has 11 nitrogen and oxygen atoms in total. The quantitative estimate of drug-likeness (QED) is 0.330. The van der Waals surface area contributed by atoms with E-state index in [9.17, 15) is 20.1 Å². The summed E-state index contributed by atoms with van der Waals surface area (Å²) in [6.45, 7) is 0.996. The van der Waals surface area contributed by atoms with E-state index in [1.54, 1.807) is 4.57 Å². The zero-order chi connectivity index (χ0) is 24.0. The first-order valence-corrected chi connectivity index (χ1v) is 11.2. The maximum absolute atomic E-state index is 12.3. The Labute approximate surface area is 196 Å². The van der Waals surface area contributed by atoms with Gasteiger partial charge in [0, 0.05) is 5.92 Å². The molecule has 1 fully saturated rings. The lowest BCUT2D eigenvalue weighted by atomic mass is 9.93. The predicted octanol–water partition coefficient (Wildman–Crippen LogP) is -0.0187. The molecule has 11 heteroatoms. The van der Waals surface area contributed by atoms with Gasteiger partial charge in [0.2, 0.25) is 5.91 Å². The van der Waals surface area contributed by atoms with E-state index in [0.29, 0.717) is 17.9 Å². The third-order valence-electron chi connectivity index (χ3n) is 6.79. The molecule has 3 aliphatic rings. The second kappa shape index (κ2) is 8.60. The lowest BCUT2D eigenvalue weighted by molar-refractivity contribution is -0.120. The van der Waals surface area contributed by atoms with Gasteiger partial charge in [0.1, 0.15) is 35.5 Å². The Morgan fingerprint density at radius 3 is 2.94 bits per heavy atom. The molecule has 34 heavy (non-hydrogen) atoms. The van der Waals surface area contributed by atoms with Crippen molar-refractivity contribution in [3.05, 3.63) is 53.5 Å². The number of benzene rings is 1. The Hall–Kier alpha value is -3.09. The lowest BCUT2D eigenvalue weighted by Gasteiger charge is -2.29. The Morgan fingerprint density at radius 1 is 1.41 bits per heavy atom. The first-order valence-electron chi connectivity index (χ1n) is 11.2. The van der Waals surface area contributed by atoms with E-state index < -0.39 is 48.8 Å². The molecule has 5 rings (SSSR count). The normalized spacial score (nSPS) is 32.3. The van der Waals surface area contributed by atoms with Crippen LogP contribution in [0.4, 0.5) is 5.82 Å². The number of amides is 1. The van der Waals surface area contributed by atoms with E-state index in [0.717, 1.165) is 11.1 Å². The number of hydrogen-bond donors (Lipinski definition) is 6. The molecule has 7 N–H and O–H groups in total. The van der Waals surface area contributed by atoms with Crippen LogP contribution in [0.1, 0.15) is 48.5 Å². The minimum Gasteiger partial charge on any atom is -0.394 e. The third-order valence-corrected chi connectivity index (χ3v) is 6.79. The monoisotopic (exact) mass is 468 g/mol. The van der Waals surface area contributed by atoms with Crippen LogP contribution in [0.25, 0.3) is 6.08 Å². The number of fused-ring (bicyclic) bond motifs is 2. The van der Waals surface area contributed by atoms with Gasteiger partial charge >= 0.3 is 0 Å². The number of nitrogens with two attached hydrogens (primary N) is 1. The number of aliphatic imine (C=N–C) groups is 1. The summed E-state index contributed by atoms with van der Waals surface area (Å²) in [5.41, 5.74) is 6.82. The largest absolute Gasteiger partial charge is 0.394 e. The van der Waals surface area contributed by atoms with Gasteiger partial charge in [-0.25, -0.2) is 9.98 Å². The first kappa shape index (κ1) is 22.7. The van der Waals surface area contributed by atoms with Crippen molar-refractivity contribution in [3.63, 3.8) is 0 Å². The molecule has 6 unspecified atom stereocenters. The first-order chi connectivity index (χ1) is 16.3. The number of hydrogen-bond acceptors (Lipinski definition) is 9. The van der Waals surface area contributed by atoms with Crippen LogP contribution in [-0.2, 0) is 9.53 Å². The van der Waals surface area contributed by atoms with Crippen molar-refractivity contribution >= 4 is 24.1 Å². The SMILES string of the molecule is C[C@@]1(O)C(O)C(CO)OC1n1cnc2c1NC=NC2NC(CC1C=Cc2ccccc21)C(N)=O. The van der Waals surface area contributed by atoms with Crippen LogP contribution in [0, 0.1) is 0 Å². The fourth-order valence-electron chi connectivity index (χ4n) is 4.90. The van der Waals surface area contributed by atoms with Gasteiger partial charge in [0.05, 0.1) is 25.3 Å². The number of primary amides is 1. The van der Waals surface area contributed by atoms with Gasteiger partial charge in [-0.3, -0.25) is 14.7 Å². The van der Waals surface area contributed by atoms with Crippen LogP contribution >= 0.6 is 0 Å². The minimum absolute atomic E-state index is 0.0443. The van der Waals surface area contributed by atoms with Gasteiger partial charge in [0.15, 0.2) is 6.23 Å². The van der Waals surface area contributed by atoms with Crippen LogP contribution in [0.3, 0.4) is 0 Å². The number of rotatable bonds is 7. The van der Waals surface area contributed by atoms with Crippen molar-refractivity contribution in [2.75, 3.05) is 11.9 Å². The molecule has 1 aromatic heterocycles. The standard InChI is InChI=1S/C23H28N6O5/c1-23(33)18(31)16(9-30)34-22(23)29-11-27-17-20(25-10-26-21(17)29)28-15(19(24)32)8-13-7-6-12-4-2-3-5-14(12)13/h2-7,10-11,13,15-16,18,20,22,28,30-31,33H,8-9H2,1H3,(H2,24,32)(H,25,26)/t13?,15?,16?,18?,20?,22?,23-/m1/s1. The van der Waals surface area contributed by atoms with Crippen LogP contribution < -0.4 is 16.4 Å². The number of aliphatic hydroxyl groups is 3. The molecule has 0 radical (unpaired) electrons. The highest BCUT2D eigenvalue weighted by atomic mass is 16.6. The molecule has 1 aliphatic carbocycles. The molecule has 0 saturated carbocycles. The summed E-state index contributed by atoms with van der Waals surface area (Å²) in [4.78, 5) is 21.1. The summed E-state index contributed by atoms with van der Waals surface area (Å²) in [6.07, 6.45) is 3.61. The van der Waals surface area contributed by atoms with E-state index in [-0.39, 0.29) is 5.92 Å². The van der Waals surface area contributed by atoms with E-state index in [1.165, 1.54) is 19.6 Å². The maximum atomic E-state index is 12.3. The van der Waals surface area contributed by atoms with Crippen molar-refractivity contribution < 1.29 is 24.9 Å². The summed E-state index contributed by atoms with van der Waals surface area (Å²) >= 11 is 0. The van der Waals surface area contributed by atoms with Gasteiger partial charge in [0.25, 0.3) is 0 Å². The lowest BCUT2D eigenvalue weighted by Crippen LogP contribution is -2.45. The fraction of sp³-hybridized carbons (Fsp3) is 0.435. The number of carbonyl (C=O) groups excluding carboxylic acids is 1. The average molecular weight is 469 g/mol.